The molecule has 186 valence electrons. The van der Waals surface area contributed by atoms with Crippen molar-refractivity contribution in [1.29, 1.82) is 0 Å². The molecule has 0 bridgehead atoms. The third kappa shape index (κ3) is 8.13. The molecular weight excluding hydrogens is 518 g/mol. The molecule has 0 unspecified atom stereocenters. The van der Waals surface area contributed by atoms with Gasteiger partial charge in [0.25, 0.3) is 0 Å². The fourth-order valence-corrected chi connectivity index (χ4v) is 4.67. The number of benzene rings is 2. The van der Waals surface area contributed by atoms with Crippen molar-refractivity contribution in [1.82, 2.24) is 10.2 Å². The lowest BCUT2D eigenvalue weighted by atomic mass is 10.1. The van der Waals surface area contributed by atoms with E-state index in [1.807, 2.05) is 51.1 Å². The van der Waals surface area contributed by atoms with Crippen LogP contribution in [0.4, 0.5) is 5.69 Å². The molecule has 7 nitrogen and oxygen atoms in total. The van der Waals surface area contributed by atoms with E-state index in [0.29, 0.717) is 25.1 Å². The normalized spacial score (nSPS) is 13.1. The van der Waals surface area contributed by atoms with Gasteiger partial charge in [-0.25, -0.2) is 8.42 Å². The Hall–Kier alpha value is -2.39. The SMILES string of the molecule is CC[C@@H](C)NC(=O)[C@H](CC)N(CCc1ccccc1)C(=O)CN(c1ccc(Br)cc1)S(C)(=O)=O. The van der Waals surface area contributed by atoms with Crippen LogP contribution >= 0.6 is 15.9 Å². The number of amides is 2. The number of sulfonamides is 1. The molecule has 0 aliphatic rings. The van der Waals surface area contributed by atoms with E-state index in [9.17, 15) is 18.0 Å². The minimum absolute atomic E-state index is 0.0251. The molecule has 34 heavy (non-hydrogen) atoms. The zero-order chi connectivity index (χ0) is 25.3. The number of nitrogens with zero attached hydrogens (tertiary/aromatic N) is 2. The molecule has 0 aromatic heterocycles. The van der Waals surface area contributed by atoms with Crippen LogP contribution in [0.25, 0.3) is 0 Å². The first kappa shape index (κ1) is 27.9. The van der Waals surface area contributed by atoms with Crippen molar-refractivity contribution in [3.05, 3.63) is 64.6 Å². The molecule has 9 heteroatoms. The van der Waals surface area contributed by atoms with Crippen LogP contribution in [0.15, 0.2) is 59.1 Å². The first-order valence-electron chi connectivity index (χ1n) is 11.4. The first-order chi connectivity index (χ1) is 16.1. The Labute approximate surface area is 211 Å². The fourth-order valence-electron chi connectivity index (χ4n) is 3.56. The fraction of sp³-hybridized carbons (Fsp3) is 0.440. The highest BCUT2D eigenvalue weighted by Gasteiger charge is 2.31. The topological polar surface area (TPSA) is 86.8 Å². The molecule has 0 fully saturated rings. The molecule has 0 heterocycles. The summed E-state index contributed by atoms with van der Waals surface area (Å²) in [5, 5.41) is 2.97. The van der Waals surface area contributed by atoms with Crippen LogP contribution < -0.4 is 9.62 Å². The Kier molecular flexibility index (Phi) is 10.6. The summed E-state index contributed by atoms with van der Waals surface area (Å²) in [7, 11) is -3.73. The van der Waals surface area contributed by atoms with E-state index in [1.54, 1.807) is 24.3 Å². The van der Waals surface area contributed by atoms with Gasteiger partial charge in [-0.15, -0.1) is 0 Å². The number of anilines is 1. The van der Waals surface area contributed by atoms with Gasteiger partial charge in [0.15, 0.2) is 0 Å². The lowest BCUT2D eigenvalue weighted by Crippen LogP contribution is -2.54. The largest absolute Gasteiger partial charge is 0.352 e. The monoisotopic (exact) mass is 551 g/mol. The molecular formula is C25H34BrN3O4S. The van der Waals surface area contributed by atoms with E-state index >= 15 is 0 Å². The standard InChI is InChI=1S/C25H34BrN3O4S/c1-5-19(3)27-25(31)23(6-2)28(17-16-20-10-8-7-9-11-20)24(30)18-29(34(4,32)33)22-14-12-21(26)13-15-22/h7-15,19,23H,5-6,16-18H2,1-4H3,(H,27,31)/t19-,23+/m1/s1. The molecule has 0 aliphatic heterocycles. The van der Waals surface area contributed by atoms with Crippen LogP contribution in [0.2, 0.25) is 0 Å². The molecule has 0 radical (unpaired) electrons. The second-order valence-electron chi connectivity index (χ2n) is 8.31. The van der Waals surface area contributed by atoms with Gasteiger partial charge in [0, 0.05) is 17.1 Å². The first-order valence-corrected chi connectivity index (χ1v) is 14.1. The average molecular weight is 553 g/mol. The Morgan fingerprint density at radius 3 is 2.15 bits per heavy atom. The molecule has 2 atom stereocenters. The molecule has 1 N–H and O–H groups in total. The number of nitrogens with one attached hydrogen (secondary N) is 1. The zero-order valence-corrected chi connectivity index (χ0v) is 22.6. The highest BCUT2D eigenvalue weighted by Crippen LogP contribution is 2.21. The lowest BCUT2D eigenvalue weighted by Gasteiger charge is -2.33. The lowest BCUT2D eigenvalue weighted by molar-refractivity contribution is -0.139. The minimum Gasteiger partial charge on any atom is -0.352 e. The Balaban J connectivity index is 2.34. The maximum absolute atomic E-state index is 13.6. The summed E-state index contributed by atoms with van der Waals surface area (Å²) >= 11 is 3.34. The smallest absolute Gasteiger partial charge is 0.244 e. The van der Waals surface area contributed by atoms with Gasteiger partial charge in [0.05, 0.1) is 11.9 Å². The molecule has 2 amide bonds. The molecule has 2 rings (SSSR count). The summed E-state index contributed by atoms with van der Waals surface area (Å²) in [5.41, 5.74) is 1.42. The third-order valence-corrected chi connectivity index (χ3v) is 7.33. The minimum atomic E-state index is -3.73. The molecule has 2 aromatic rings. The van der Waals surface area contributed by atoms with E-state index in [1.165, 1.54) is 4.90 Å². The number of carbonyl (C=O) groups is 2. The van der Waals surface area contributed by atoms with Gasteiger partial charge in [-0.05, 0) is 56.0 Å². The number of hydrogen-bond acceptors (Lipinski definition) is 4. The van der Waals surface area contributed by atoms with Gasteiger partial charge in [0.1, 0.15) is 12.6 Å². The molecule has 0 saturated carbocycles. The molecule has 0 saturated heterocycles. The molecule has 0 aliphatic carbocycles. The third-order valence-electron chi connectivity index (χ3n) is 5.66. The summed E-state index contributed by atoms with van der Waals surface area (Å²) in [6.45, 7) is 5.66. The van der Waals surface area contributed by atoms with Crippen molar-refractivity contribution in [2.24, 2.45) is 0 Å². The van der Waals surface area contributed by atoms with Crippen molar-refractivity contribution in [3.8, 4) is 0 Å². The van der Waals surface area contributed by atoms with Crippen LogP contribution in [0.1, 0.15) is 39.2 Å². The van der Waals surface area contributed by atoms with Gasteiger partial charge in [-0.2, -0.15) is 0 Å². The van der Waals surface area contributed by atoms with Crippen LogP contribution in [-0.2, 0) is 26.0 Å². The number of hydrogen-bond donors (Lipinski definition) is 1. The van der Waals surface area contributed by atoms with Crippen LogP contribution in [-0.4, -0.2) is 56.6 Å². The van der Waals surface area contributed by atoms with Crippen LogP contribution in [0.5, 0.6) is 0 Å². The van der Waals surface area contributed by atoms with Gasteiger partial charge >= 0.3 is 0 Å². The summed E-state index contributed by atoms with van der Waals surface area (Å²) in [4.78, 5) is 28.1. The van der Waals surface area contributed by atoms with Gasteiger partial charge in [0.2, 0.25) is 21.8 Å². The highest BCUT2D eigenvalue weighted by molar-refractivity contribution is 9.10. The van der Waals surface area contributed by atoms with Crippen LogP contribution in [0.3, 0.4) is 0 Å². The summed E-state index contributed by atoms with van der Waals surface area (Å²) in [6, 6.07) is 15.7. The highest BCUT2D eigenvalue weighted by atomic mass is 79.9. The molecule has 2 aromatic carbocycles. The Morgan fingerprint density at radius 2 is 1.62 bits per heavy atom. The maximum atomic E-state index is 13.6. The number of halogens is 1. The predicted molar refractivity (Wildman–Crippen MR) is 140 cm³/mol. The van der Waals surface area contributed by atoms with E-state index < -0.39 is 22.0 Å². The molecule has 0 spiro atoms. The van der Waals surface area contributed by atoms with Crippen molar-refractivity contribution in [2.45, 2.75) is 52.1 Å². The van der Waals surface area contributed by atoms with Crippen molar-refractivity contribution in [2.75, 3.05) is 23.7 Å². The van der Waals surface area contributed by atoms with Gasteiger partial charge in [-0.3, -0.25) is 13.9 Å². The number of rotatable bonds is 12. The second kappa shape index (κ2) is 12.9. The quantitative estimate of drug-likeness (QED) is 0.432. The Bertz CT molecular complexity index is 1050. The number of carbonyl (C=O) groups excluding carboxylic acids is 2. The van der Waals surface area contributed by atoms with Crippen LogP contribution in [0, 0.1) is 0 Å². The van der Waals surface area contributed by atoms with Crippen molar-refractivity contribution < 1.29 is 18.0 Å². The summed E-state index contributed by atoms with van der Waals surface area (Å²) in [6.07, 6.45) is 2.81. The van der Waals surface area contributed by atoms with E-state index in [-0.39, 0.29) is 18.5 Å². The van der Waals surface area contributed by atoms with E-state index in [4.69, 9.17) is 0 Å². The van der Waals surface area contributed by atoms with Gasteiger partial charge in [-0.1, -0.05) is 60.1 Å². The second-order valence-corrected chi connectivity index (χ2v) is 11.1. The zero-order valence-electron chi connectivity index (χ0n) is 20.2. The maximum Gasteiger partial charge on any atom is 0.244 e. The summed E-state index contributed by atoms with van der Waals surface area (Å²) in [5.74, 6) is -0.650. The summed E-state index contributed by atoms with van der Waals surface area (Å²) < 4.78 is 27.0. The van der Waals surface area contributed by atoms with E-state index in [0.717, 1.165) is 27.0 Å². The van der Waals surface area contributed by atoms with Gasteiger partial charge < -0.3 is 10.2 Å². The van der Waals surface area contributed by atoms with E-state index in [2.05, 4.69) is 21.2 Å². The van der Waals surface area contributed by atoms with Crippen molar-refractivity contribution in [3.63, 3.8) is 0 Å². The van der Waals surface area contributed by atoms with Crippen molar-refractivity contribution >= 4 is 43.5 Å². The Morgan fingerprint density at radius 1 is 1.00 bits per heavy atom. The predicted octanol–water partition coefficient (Wildman–Crippen LogP) is 3.98. The average Bonchev–Trinajstić information content (AvgIpc) is 2.80.